The Morgan fingerprint density at radius 1 is 1.26 bits per heavy atom. The van der Waals surface area contributed by atoms with Gasteiger partial charge in [0.05, 0.1) is 0 Å². The van der Waals surface area contributed by atoms with Crippen LogP contribution in [0.2, 0.25) is 0 Å². The molecule has 0 fully saturated rings. The number of nitrogens with zero attached hydrogens (tertiary/aromatic N) is 3. The van der Waals surface area contributed by atoms with Gasteiger partial charge in [0.25, 0.3) is 11.5 Å². The SMILES string of the molecule is Cn1nc(C(=O)NCc2cncc(-c3ccsc3)c2)ccc1=O. The third-order valence-electron chi connectivity index (χ3n) is 3.30. The summed E-state index contributed by atoms with van der Waals surface area (Å²) in [7, 11) is 1.51. The number of nitrogens with one attached hydrogen (secondary N) is 1. The van der Waals surface area contributed by atoms with Crippen molar-refractivity contribution in [2.75, 3.05) is 0 Å². The predicted octanol–water partition coefficient (Wildman–Crippen LogP) is 1.83. The summed E-state index contributed by atoms with van der Waals surface area (Å²) >= 11 is 1.62. The van der Waals surface area contributed by atoms with Crippen LogP contribution < -0.4 is 10.9 Å². The number of rotatable bonds is 4. The van der Waals surface area contributed by atoms with Gasteiger partial charge in [0, 0.05) is 37.6 Å². The quantitative estimate of drug-likeness (QED) is 0.793. The second-order valence-electron chi connectivity index (χ2n) is 4.96. The van der Waals surface area contributed by atoms with Gasteiger partial charge in [-0.25, -0.2) is 4.68 Å². The first-order valence-electron chi connectivity index (χ1n) is 6.92. The van der Waals surface area contributed by atoms with Crippen molar-refractivity contribution in [2.45, 2.75) is 6.54 Å². The molecule has 0 spiro atoms. The lowest BCUT2D eigenvalue weighted by Crippen LogP contribution is -2.28. The summed E-state index contributed by atoms with van der Waals surface area (Å²) < 4.78 is 1.13. The van der Waals surface area contributed by atoms with Gasteiger partial charge < -0.3 is 5.32 Å². The average Bonchev–Trinajstić information content (AvgIpc) is 3.10. The highest BCUT2D eigenvalue weighted by molar-refractivity contribution is 7.08. The van der Waals surface area contributed by atoms with Crippen molar-refractivity contribution in [2.24, 2.45) is 7.05 Å². The fourth-order valence-electron chi connectivity index (χ4n) is 2.07. The highest BCUT2D eigenvalue weighted by Gasteiger charge is 2.09. The Morgan fingerprint density at radius 3 is 2.87 bits per heavy atom. The van der Waals surface area contributed by atoms with Gasteiger partial charge >= 0.3 is 0 Å². The maximum absolute atomic E-state index is 12.1. The Morgan fingerprint density at radius 2 is 2.13 bits per heavy atom. The lowest BCUT2D eigenvalue weighted by molar-refractivity contribution is 0.0943. The molecule has 1 amide bonds. The van der Waals surface area contributed by atoms with Crippen LogP contribution in [-0.4, -0.2) is 20.7 Å². The monoisotopic (exact) mass is 326 g/mol. The second-order valence-corrected chi connectivity index (χ2v) is 5.74. The summed E-state index contributed by atoms with van der Waals surface area (Å²) in [6.45, 7) is 0.342. The van der Waals surface area contributed by atoms with Gasteiger partial charge in [0.1, 0.15) is 5.69 Å². The first kappa shape index (κ1) is 15.1. The molecule has 0 bridgehead atoms. The molecule has 1 N–H and O–H groups in total. The zero-order valence-corrected chi connectivity index (χ0v) is 13.2. The molecule has 7 heteroatoms. The van der Waals surface area contributed by atoms with E-state index >= 15 is 0 Å². The van der Waals surface area contributed by atoms with E-state index in [4.69, 9.17) is 0 Å². The third-order valence-corrected chi connectivity index (χ3v) is 3.98. The maximum Gasteiger partial charge on any atom is 0.271 e. The number of aromatic nitrogens is 3. The molecule has 6 nitrogen and oxygen atoms in total. The van der Waals surface area contributed by atoms with E-state index in [2.05, 4.69) is 15.4 Å². The predicted molar refractivity (Wildman–Crippen MR) is 88.2 cm³/mol. The molecule has 0 radical (unpaired) electrons. The minimum atomic E-state index is -0.332. The van der Waals surface area contributed by atoms with E-state index in [0.717, 1.165) is 21.4 Å². The number of aryl methyl sites for hydroxylation is 1. The van der Waals surface area contributed by atoms with Gasteiger partial charge in [0.2, 0.25) is 0 Å². The molecule has 3 aromatic rings. The van der Waals surface area contributed by atoms with Crippen molar-refractivity contribution in [1.29, 1.82) is 0 Å². The third kappa shape index (κ3) is 3.51. The average molecular weight is 326 g/mol. The number of hydrogen-bond donors (Lipinski definition) is 1. The lowest BCUT2D eigenvalue weighted by atomic mass is 10.1. The standard InChI is InChI=1S/C16H14N4O2S/c1-20-15(21)3-2-14(19-20)16(22)18-8-11-6-13(9-17-7-11)12-4-5-23-10-12/h2-7,9-10H,8H2,1H3,(H,18,22). The summed E-state index contributed by atoms with van der Waals surface area (Å²) in [5, 5.41) is 10.8. The van der Waals surface area contributed by atoms with Gasteiger partial charge in [0.15, 0.2) is 0 Å². The van der Waals surface area contributed by atoms with Gasteiger partial charge in [-0.2, -0.15) is 16.4 Å². The van der Waals surface area contributed by atoms with Gasteiger partial charge in [-0.15, -0.1) is 0 Å². The second kappa shape index (κ2) is 6.53. The highest BCUT2D eigenvalue weighted by atomic mass is 32.1. The van der Waals surface area contributed by atoms with Crippen molar-refractivity contribution in [3.05, 3.63) is 69.0 Å². The Hall–Kier alpha value is -2.80. The summed E-state index contributed by atoms with van der Waals surface area (Å²) in [6, 6.07) is 6.75. The van der Waals surface area contributed by atoms with Crippen LogP contribution in [0.25, 0.3) is 11.1 Å². The Bertz CT molecular complexity index is 887. The molecule has 0 aromatic carbocycles. The smallest absolute Gasteiger partial charge is 0.271 e. The van der Waals surface area contributed by atoms with Crippen LogP contribution in [0.1, 0.15) is 16.1 Å². The summed E-state index contributed by atoms with van der Waals surface area (Å²) in [6.07, 6.45) is 3.51. The van der Waals surface area contributed by atoms with Crippen molar-refractivity contribution >= 4 is 17.2 Å². The zero-order chi connectivity index (χ0) is 16.2. The highest BCUT2D eigenvalue weighted by Crippen LogP contribution is 2.21. The van der Waals surface area contributed by atoms with Gasteiger partial charge in [-0.05, 0) is 40.1 Å². The molecular weight excluding hydrogens is 312 g/mol. The van der Waals surface area contributed by atoms with E-state index in [-0.39, 0.29) is 17.2 Å². The molecule has 0 saturated heterocycles. The summed E-state index contributed by atoms with van der Waals surface area (Å²) in [5.41, 5.74) is 2.96. The molecule has 23 heavy (non-hydrogen) atoms. The first-order valence-corrected chi connectivity index (χ1v) is 7.87. The van der Waals surface area contributed by atoms with E-state index in [1.807, 2.05) is 22.9 Å². The molecule has 116 valence electrons. The van der Waals surface area contributed by atoms with E-state index in [0.29, 0.717) is 6.54 Å². The number of thiophene rings is 1. The summed E-state index contributed by atoms with van der Waals surface area (Å²) in [5.74, 6) is -0.332. The van der Waals surface area contributed by atoms with Crippen LogP contribution in [0, 0.1) is 0 Å². The molecule has 3 aromatic heterocycles. The topological polar surface area (TPSA) is 76.9 Å². The lowest BCUT2D eigenvalue weighted by Gasteiger charge is -2.06. The largest absolute Gasteiger partial charge is 0.347 e. The van der Waals surface area contributed by atoms with Crippen LogP contribution >= 0.6 is 11.3 Å². The number of carbonyl (C=O) groups excluding carboxylic acids is 1. The normalized spacial score (nSPS) is 10.5. The van der Waals surface area contributed by atoms with Crippen molar-refractivity contribution in [3.63, 3.8) is 0 Å². The molecule has 0 aliphatic carbocycles. The Balaban J connectivity index is 1.70. The fraction of sp³-hybridized carbons (Fsp3) is 0.125. The van der Waals surface area contributed by atoms with Gasteiger partial charge in [-0.3, -0.25) is 14.6 Å². The van der Waals surface area contributed by atoms with Crippen LogP contribution in [0.15, 0.2) is 52.2 Å². The van der Waals surface area contributed by atoms with Crippen LogP contribution in [-0.2, 0) is 13.6 Å². The molecule has 0 saturated carbocycles. The van der Waals surface area contributed by atoms with Crippen molar-refractivity contribution in [1.82, 2.24) is 20.1 Å². The van der Waals surface area contributed by atoms with Crippen LogP contribution in [0.5, 0.6) is 0 Å². The number of carbonyl (C=O) groups is 1. The fourth-order valence-corrected chi connectivity index (χ4v) is 2.73. The van der Waals surface area contributed by atoms with E-state index in [9.17, 15) is 9.59 Å². The molecule has 0 atom stereocenters. The zero-order valence-electron chi connectivity index (χ0n) is 12.4. The van der Waals surface area contributed by atoms with Crippen molar-refractivity contribution < 1.29 is 4.79 Å². The van der Waals surface area contributed by atoms with E-state index in [1.54, 1.807) is 23.7 Å². The Labute approximate surface area is 136 Å². The number of pyridine rings is 1. The Kier molecular flexibility index (Phi) is 4.29. The molecule has 3 rings (SSSR count). The minimum absolute atomic E-state index is 0.203. The first-order chi connectivity index (χ1) is 11.1. The molecule has 0 aliphatic rings. The number of hydrogen-bond acceptors (Lipinski definition) is 5. The minimum Gasteiger partial charge on any atom is -0.347 e. The van der Waals surface area contributed by atoms with Gasteiger partial charge in [-0.1, -0.05) is 0 Å². The molecule has 0 unspecified atom stereocenters. The number of amides is 1. The van der Waals surface area contributed by atoms with E-state index < -0.39 is 0 Å². The van der Waals surface area contributed by atoms with E-state index in [1.165, 1.54) is 19.2 Å². The molecule has 3 heterocycles. The molecular formula is C16H14N4O2S. The maximum atomic E-state index is 12.1. The molecule has 0 aliphatic heterocycles. The van der Waals surface area contributed by atoms with Crippen LogP contribution in [0.3, 0.4) is 0 Å². The van der Waals surface area contributed by atoms with Crippen molar-refractivity contribution in [3.8, 4) is 11.1 Å². The van der Waals surface area contributed by atoms with Crippen LogP contribution in [0.4, 0.5) is 0 Å². The summed E-state index contributed by atoms with van der Waals surface area (Å²) in [4.78, 5) is 27.6.